The third kappa shape index (κ3) is 3.76. The van der Waals surface area contributed by atoms with E-state index >= 15 is 0 Å². The molecule has 3 heteroatoms. The van der Waals surface area contributed by atoms with E-state index in [9.17, 15) is 13.6 Å². The number of carbonyl (C=O) groups is 1. The minimum absolute atomic E-state index is 0.0125. The highest BCUT2D eigenvalue weighted by atomic mass is 19.3. The summed E-state index contributed by atoms with van der Waals surface area (Å²) in [6.45, 7) is 2.22. The van der Waals surface area contributed by atoms with Crippen LogP contribution in [0.5, 0.6) is 0 Å². The molecule has 2 fully saturated rings. The zero-order chi connectivity index (χ0) is 13.2. The molecule has 0 radical (unpaired) electrons. The van der Waals surface area contributed by atoms with E-state index in [0.717, 1.165) is 38.0 Å². The third-order valence-corrected chi connectivity index (χ3v) is 4.70. The van der Waals surface area contributed by atoms with Gasteiger partial charge in [0.2, 0.25) is 5.92 Å². The second kappa shape index (κ2) is 5.66. The number of alkyl halides is 2. The molecule has 1 unspecified atom stereocenters. The lowest BCUT2D eigenvalue weighted by molar-refractivity contribution is -0.126. The lowest BCUT2D eigenvalue weighted by Crippen LogP contribution is -2.29. The van der Waals surface area contributed by atoms with Gasteiger partial charge in [0.25, 0.3) is 0 Å². The number of ketones is 1. The van der Waals surface area contributed by atoms with Gasteiger partial charge in [0.05, 0.1) is 0 Å². The smallest absolute Gasteiger partial charge is 0.248 e. The molecular formula is C15H24F2O. The van der Waals surface area contributed by atoms with Crippen molar-refractivity contribution < 1.29 is 13.6 Å². The van der Waals surface area contributed by atoms with Crippen molar-refractivity contribution in [2.24, 2.45) is 17.8 Å². The maximum absolute atomic E-state index is 13.3. The molecular weight excluding hydrogens is 234 g/mol. The summed E-state index contributed by atoms with van der Waals surface area (Å²) < 4.78 is 26.6. The fourth-order valence-electron chi connectivity index (χ4n) is 3.48. The summed E-state index contributed by atoms with van der Waals surface area (Å²) >= 11 is 0. The molecule has 1 nitrogen and oxygen atoms in total. The van der Waals surface area contributed by atoms with Gasteiger partial charge in [-0.05, 0) is 37.5 Å². The van der Waals surface area contributed by atoms with Crippen molar-refractivity contribution >= 4 is 5.78 Å². The van der Waals surface area contributed by atoms with Crippen molar-refractivity contribution in [3.05, 3.63) is 0 Å². The van der Waals surface area contributed by atoms with Crippen LogP contribution in [0.3, 0.4) is 0 Å². The van der Waals surface area contributed by atoms with Gasteiger partial charge < -0.3 is 0 Å². The molecule has 0 aromatic carbocycles. The first-order valence-electron chi connectivity index (χ1n) is 7.37. The highest BCUT2D eigenvalue weighted by Gasteiger charge is 2.37. The van der Waals surface area contributed by atoms with Gasteiger partial charge in [-0.1, -0.05) is 19.8 Å². The molecule has 18 heavy (non-hydrogen) atoms. The highest BCUT2D eigenvalue weighted by molar-refractivity contribution is 5.81. The van der Waals surface area contributed by atoms with Gasteiger partial charge >= 0.3 is 0 Å². The zero-order valence-electron chi connectivity index (χ0n) is 11.3. The van der Waals surface area contributed by atoms with Gasteiger partial charge in [-0.25, -0.2) is 8.78 Å². The maximum Gasteiger partial charge on any atom is 0.248 e. The number of rotatable bonds is 3. The molecule has 0 aromatic heterocycles. The van der Waals surface area contributed by atoms with Crippen molar-refractivity contribution in [1.29, 1.82) is 0 Å². The van der Waals surface area contributed by atoms with E-state index in [1.54, 1.807) is 0 Å². The first kappa shape index (κ1) is 14.0. The molecule has 2 aliphatic carbocycles. The lowest BCUT2D eigenvalue weighted by Gasteiger charge is -2.30. The largest absolute Gasteiger partial charge is 0.299 e. The Kier molecular flexibility index (Phi) is 4.39. The van der Waals surface area contributed by atoms with E-state index in [1.165, 1.54) is 0 Å². The van der Waals surface area contributed by atoms with Gasteiger partial charge in [0.15, 0.2) is 0 Å². The Morgan fingerprint density at radius 3 is 2.44 bits per heavy atom. The molecule has 0 heterocycles. The molecule has 0 aromatic rings. The zero-order valence-corrected chi connectivity index (χ0v) is 11.3. The Labute approximate surface area is 108 Å². The topological polar surface area (TPSA) is 17.1 Å². The normalized spacial score (nSPS) is 36.3. The van der Waals surface area contributed by atoms with E-state index < -0.39 is 5.92 Å². The van der Waals surface area contributed by atoms with Crippen molar-refractivity contribution in [2.45, 2.75) is 70.6 Å². The van der Waals surface area contributed by atoms with Crippen LogP contribution in [-0.4, -0.2) is 11.7 Å². The second-order valence-electron chi connectivity index (χ2n) is 6.45. The summed E-state index contributed by atoms with van der Waals surface area (Å²) in [5, 5.41) is 0. The van der Waals surface area contributed by atoms with E-state index in [4.69, 9.17) is 0 Å². The quantitative estimate of drug-likeness (QED) is 0.723. The number of carbonyl (C=O) groups excluding carboxylic acids is 1. The van der Waals surface area contributed by atoms with Crippen LogP contribution < -0.4 is 0 Å². The predicted molar refractivity (Wildman–Crippen MR) is 67.7 cm³/mol. The van der Waals surface area contributed by atoms with E-state index in [2.05, 4.69) is 6.92 Å². The van der Waals surface area contributed by atoms with E-state index in [-0.39, 0.29) is 30.5 Å². The third-order valence-electron chi connectivity index (χ3n) is 4.70. The average molecular weight is 258 g/mol. The van der Waals surface area contributed by atoms with Crippen molar-refractivity contribution in [2.75, 3.05) is 0 Å². The molecule has 2 aliphatic rings. The SMILES string of the molecule is CC1CCC(C(=O)CC2CCCC(F)(F)C2)CC1. The van der Waals surface area contributed by atoms with Crippen LogP contribution in [0.15, 0.2) is 0 Å². The Morgan fingerprint density at radius 2 is 1.83 bits per heavy atom. The lowest BCUT2D eigenvalue weighted by atomic mass is 9.76. The molecule has 2 saturated carbocycles. The summed E-state index contributed by atoms with van der Waals surface area (Å²) in [7, 11) is 0. The molecule has 0 spiro atoms. The Balaban J connectivity index is 1.80. The standard InChI is InChI=1S/C15H24F2O/c1-11-4-6-13(7-5-11)14(18)9-12-3-2-8-15(16,17)10-12/h11-13H,2-10H2,1H3. The molecule has 104 valence electrons. The van der Waals surface area contributed by atoms with Gasteiger partial charge in [-0.3, -0.25) is 4.79 Å². The van der Waals surface area contributed by atoms with Crippen LogP contribution in [0.1, 0.15) is 64.7 Å². The van der Waals surface area contributed by atoms with E-state index in [1.807, 2.05) is 0 Å². The molecule has 1 atom stereocenters. The monoisotopic (exact) mass is 258 g/mol. The summed E-state index contributed by atoms with van der Waals surface area (Å²) in [4.78, 5) is 12.1. The Hall–Kier alpha value is -0.470. The summed E-state index contributed by atoms with van der Waals surface area (Å²) in [5.74, 6) is -1.44. The molecule has 0 saturated heterocycles. The van der Waals surface area contributed by atoms with Crippen LogP contribution in [0.4, 0.5) is 8.78 Å². The second-order valence-corrected chi connectivity index (χ2v) is 6.45. The van der Waals surface area contributed by atoms with Crippen LogP contribution >= 0.6 is 0 Å². The van der Waals surface area contributed by atoms with E-state index in [0.29, 0.717) is 12.8 Å². The highest BCUT2D eigenvalue weighted by Crippen LogP contribution is 2.39. The minimum atomic E-state index is -2.52. The fraction of sp³-hybridized carbons (Fsp3) is 0.933. The molecule has 0 amide bonds. The van der Waals surface area contributed by atoms with Crippen LogP contribution in [0.2, 0.25) is 0 Å². The van der Waals surface area contributed by atoms with Gasteiger partial charge in [0.1, 0.15) is 5.78 Å². The van der Waals surface area contributed by atoms with Crippen LogP contribution in [0.25, 0.3) is 0 Å². The Bertz CT molecular complexity index is 293. The predicted octanol–water partition coefficient (Wildman–Crippen LogP) is 4.60. The molecule has 0 aliphatic heterocycles. The fourth-order valence-corrected chi connectivity index (χ4v) is 3.48. The van der Waals surface area contributed by atoms with Gasteiger partial charge in [0, 0.05) is 25.2 Å². The van der Waals surface area contributed by atoms with Crippen molar-refractivity contribution in [1.82, 2.24) is 0 Å². The van der Waals surface area contributed by atoms with Crippen molar-refractivity contribution in [3.8, 4) is 0 Å². The van der Waals surface area contributed by atoms with Crippen LogP contribution in [0, 0.1) is 17.8 Å². The van der Waals surface area contributed by atoms with Crippen molar-refractivity contribution in [3.63, 3.8) is 0 Å². The number of halogens is 2. The van der Waals surface area contributed by atoms with Crippen LogP contribution in [-0.2, 0) is 4.79 Å². The number of hydrogen-bond acceptors (Lipinski definition) is 1. The van der Waals surface area contributed by atoms with Gasteiger partial charge in [-0.2, -0.15) is 0 Å². The summed E-state index contributed by atoms with van der Waals surface area (Å²) in [6, 6.07) is 0. The average Bonchev–Trinajstić information content (AvgIpc) is 2.28. The first-order valence-corrected chi connectivity index (χ1v) is 7.37. The summed E-state index contributed by atoms with van der Waals surface area (Å²) in [6.07, 6.45) is 5.92. The maximum atomic E-state index is 13.3. The minimum Gasteiger partial charge on any atom is -0.299 e. The summed E-state index contributed by atoms with van der Waals surface area (Å²) in [5.41, 5.74) is 0. The Morgan fingerprint density at radius 1 is 1.17 bits per heavy atom. The number of Topliss-reactive ketones (excluding diaryl/α,β-unsaturated/α-hetero) is 1. The molecule has 0 N–H and O–H groups in total. The first-order chi connectivity index (χ1) is 8.46. The number of hydrogen-bond donors (Lipinski definition) is 0. The van der Waals surface area contributed by atoms with Gasteiger partial charge in [-0.15, -0.1) is 0 Å². The molecule has 2 rings (SSSR count). The molecule has 0 bridgehead atoms.